The Morgan fingerprint density at radius 2 is 1.95 bits per heavy atom. The number of nitrogens with one attached hydrogen (secondary N) is 1. The zero-order valence-electron chi connectivity index (χ0n) is 9.22. The number of nitro groups is 1. The van der Waals surface area contributed by atoms with E-state index in [0.29, 0.717) is 12.1 Å². The summed E-state index contributed by atoms with van der Waals surface area (Å²) in [5.41, 5.74) is -3.43. The number of rotatable bonds is 3. The van der Waals surface area contributed by atoms with Crippen LogP contribution in [0.25, 0.3) is 0 Å². The highest BCUT2D eigenvalue weighted by atomic mass is 35.5. The molecule has 2 rings (SSSR count). The van der Waals surface area contributed by atoms with Crippen LogP contribution in [0, 0.1) is 15.9 Å². The predicted octanol–water partition coefficient (Wildman–Crippen LogP) is 3.89. The number of nitro benzene ring substituents is 1. The van der Waals surface area contributed by atoms with Crippen molar-refractivity contribution in [3.05, 3.63) is 33.1 Å². The van der Waals surface area contributed by atoms with Gasteiger partial charge in [0.2, 0.25) is 0 Å². The molecule has 19 heavy (non-hydrogen) atoms. The molecule has 1 aromatic carbocycles. The monoisotopic (exact) mass is 298 g/mol. The summed E-state index contributed by atoms with van der Waals surface area (Å²) in [5, 5.41) is 12.2. The Balaban J connectivity index is 2.40. The number of anilines is 1. The van der Waals surface area contributed by atoms with Gasteiger partial charge < -0.3 is 5.32 Å². The summed E-state index contributed by atoms with van der Waals surface area (Å²) < 4.78 is 51.5. The summed E-state index contributed by atoms with van der Waals surface area (Å²) in [6, 6.07) is 1.29. The van der Waals surface area contributed by atoms with Crippen LogP contribution in [0.5, 0.6) is 0 Å². The van der Waals surface area contributed by atoms with E-state index >= 15 is 0 Å². The number of hydrogen-bond donors (Lipinski definition) is 1. The molecule has 1 saturated carbocycles. The van der Waals surface area contributed by atoms with E-state index in [1.54, 1.807) is 0 Å². The SMILES string of the molecule is O=[N+]([O-])c1cc(Cl)c(F)cc1NC1(C(F)(F)F)CC1. The van der Waals surface area contributed by atoms with Crippen molar-refractivity contribution in [2.24, 2.45) is 0 Å². The number of halogens is 5. The molecule has 0 heterocycles. The second kappa shape index (κ2) is 4.22. The van der Waals surface area contributed by atoms with Crippen molar-refractivity contribution in [3.63, 3.8) is 0 Å². The van der Waals surface area contributed by atoms with E-state index in [4.69, 9.17) is 11.6 Å². The van der Waals surface area contributed by atoms with Crippen LogP contribution in [-0.2, 0) is 0 Å². The Morgan fingerprint density at radius 1 is 1.37 bits per heavy atom. The third-order valence-corrected chi connectivity index (χ3v) is 3.19. The molecular weight excluding hydrogens is 292 g/mol. The second-order valence-corrected chi connectivity index (χ2v) is 4.65. The van der Waals surface area contributed by atoms with Crippen LogP contribution < -0.4 is 5.32 Å². The summed E-state index contributed by atoms with van der Waals surface area (Å²) >= 11 is 5.38. The van der Waals surface area contributed by atoms with Gasteiger partial charge in [0.15, 0.2) is 0 Å². The van der Waals surface area contributed by atoms with E-state index in [9.17, 15) is 27.7 Å². The maximum Gasteiger partial charge on any atom is 0.411 e. The third-order valence-electron chi connectivity index (χ3n) is 2.90. The minimum absolute atomic E-state index is 0.210. The molecule has 0 atom stereocenters. The summed E-state index contributed by atoms with van der Waals surface area (Å²) in [6.45, 7) is 0. The van der Waals surface area contributed by atoms with E-state index in [0.717, 1.165) is 0 Å². The van der Waals surface area contributed by atoms with Crippen molar-refractivity contribution in [2.45, 2.75) is 24.6 Å². The number of alkyl halides is 3. The van der Waals surface area contributed by atoms with Gasteiger partial charge >= 0.3 is 6.18 Å². The first-order valence-corrected chi connectivity index (χ1v) is 5.52. The third kappa shape index (κ3) is 2.44. The van der Waals surface area contributed by atoms with Crippen LogP contribution in [0.1, 0.15) is 12.8 Å². The summed E-state index contributed by atoms with van der Waals surface area (Å²) in [4.78, 5) is 9.83. The molecule has 9 heteroatoms. The van der Waals surface area contributed by atoms with Gasteiger partial charge in [0.25, 0.3) is 5.69 Å². The van der Waals surface area contributed by atoms with Crippen LogP contribution in [0.3, 0.4) is 0 Å². The van der Waals surface area contributed by atoms with Crippen LogP contribution in [0.4, 0.5) is 28.9 Å². The van der Waals surface area contributed by atoms with Gasteiger partial charge in [0, 0.05) is 12.1 Å². The maximum atomic E-state index is 13.2. The van der Waals surface area contributed by atoms with Crippen molar-refractivity contribution in [1.82, 2.24) is 0 Å². The predicted molar refractivity (Wildman–Crippen MR) is 59.7 cm³/mol. The minimum Gasteiger partial charge on any atom is -0.366 e. The summed E-state index contributed by atoms with van der Waals surface area (Å²) in [5.74, 6) is -1.02. The average Bonchev–Trinajstić information content (AvgIpc) is 3.03. The van der Waals surface area contributed by atoms with Crippen LogP contribution in [-0.4, -0.2) is 16.6 Å². The zero-order valence-corrected chi connectivity index (χ0v) is 9.98. The smallest absolute Gasteiger partial charge is 0.366 e. The molecule has 0 bridgehead atoms. The molecule has 0 aliphatic heterocycles. The molecule has 1 N–H and O–H groups in total. The molecule has 0 saturated heterocycles. The van der Waals surface area contributed by atoms with E-state index in [2.05, 4.69) is 0 Å². The quantitative estimate of drug-likeness (QED) is 0.523. The van der Waals surface area contributed by atoms with E-state index in [1.165, 1.54) is 0 Å². The molecule has 1 aliphatic rings. The van der Waals surface area contributed by atoms with Gasteiger partial charge in [-0.15, -0.1) is 0 Å². The zero-order chi connectivity index (χ0) is 14.4. The van der Waals surface area contributed by atoms with E-state index in [1.807, 2.05) is 5.32 Å². The molecule has 0 amide bonds. The van der Waals surface area contributed by atoms with Crippen molar-refractivity contribution in [3.8, 4) is 0 Å². The number of hydrogen-bond acceptors (Lipinski definition) is 3. The van der Waals surface area contributed by atoms with Gasteiger partial charge in [-0.3, -0.25) is 10.1 Å². The first kappa shape index (κ1) is 13.9. The molecule has 104 valence electrons. The van der Waals surface area contributed by atoms with Gasteiger partial charge in [-0.2, -0.15) is 13.2 Å². The van der Waals surface area contributed by atoms with Crippen molar-refractivity contribution < 1.29 is 22.5 Å². The summed E-state index contributed by atoms with van der Waals surface area (Å²) in [7, 11) is 0. The molecule has 1 aliphatic carbocycles. The van der Waals surface area contributed by atoms with E-state index in [-0.39, 0.29) is 12.8 Å². The first-order chi connectivity index (χ1) is 8.66. The Labute approximate surface area is 109 Å². The van der Waals surface area contributed by atoms with Gasteiger partial charge in [0.05, 0.1) is 9.95 Å². The Kier molecular flexibility index (Phi) is 3.08. The highest BCUT2D eigenvalue weighted by molar-refractivity contribution is 6.31. The lowest BCUT2D eigenvalue weighted by atomic mass is 10.2. The normalized spacial score (nSPS) is 17.1. The maximum absolute atomic E-state index is 13.2. The topological polar surface area (TPSA) is 55.2 Å². The average molecular weight is 299 g/mol. The largest absolute Gasteiger partial charge is 0.411 e. The molecule has 0 unspecified atom stereocenters. The fraction of sp³-hybridized carbons (Fsp3) is 0.400. The minimum atomic E-state index is -4.56. The first-order valence-electron chi connectivity index (χ1n) is 5.15. The number of nitrogens with zero attached hydrogens (tertiary/aromatic N) is 1. The molecule has 4 nitrogen and oxygen atoms in total. The highest BCUT2D eigenvalue weighted by Crippen LogP contribution is 2.52. The molecule has 0 radical (unpaired) electrons. The lowest BCUT2D eigenvalue weighted by molar-refractivity contribution is -0.384. The molecular formula is C10H7ClF4N2O2. The van der Waals surface area contributed by atoms with Crippen molar-refractivity contribution in [1.29, 1.82) is 0 Å². The van der Waals surface area contributed by atoms with Gasteiger partial charge in [-0.1, -0.05) is 11.6 Å². The van der Waals surface area contributed by atoms with E-state index < -0.39 is 38.9 Å². The van der Waals surface area contributed by atoms with Crippen LogP contribution in [0.2, 0.25) is 5.02 Å². The second-order valence-electron chi connectivity index (χ2n) is 4.25. The fourth-order valence-corrected chi connectivity index (χ4v) is 1.81. The molecule has 0 aromatic heterocycles. The van der Waals surface area contributed by atoms with Crippen molar-refractivity contribution in [2.75, 3.05) is 5.32 Å². The molecule has 1 fully saturated rings. The van der Waals surface area contributed by atoms with Crippen molar-refractivity contribution >= 4 is 23.0 Å². The molecule has 0 spiro atoms. The standard InChI is InChI=1S/C10H7ClF4N2O2/c11-5-3-8(17(18)19)7(4-6(5)12)16-9(1-2-9)10(13,14)15/h3-4,16H,1-2H2. The summed E-state index contributed by atoms with van der Waals surface area (Å²) in [6.07, 6.45) is -4.98. The van der Waals surface area contributed by atoms with Gasteiger partial charge in [-0.05, 0) is 12.8 Å². The number of benzene rings is 1. The van der Waals surface area contributed by atoms with Crippen LogP contribution in [0.15, 0.2) is 12.1 Å². The van der Waals surface area contributed by atoms with Gasteiger partial charge in [-0.25, -0.2) is 4.39 Å². The Hall–Kier alpha value is -1.57. The lowest BCUT2D eigenvalue weighted by Crippen LogP contribution is -2.38. The van der Waals surface area contributed by atoms with Gasteiger partial charge in [0.1, 0.15) is 17.0 Å². The lowest BCUT2D eigenvalue weighted by Gasteiger charge is -2.21. The fourth-order valence-electron chi connectivity index (χ4n) is 1.65. The Morgan fingerprint density at radius 3 is 2.37 bits per heavy atom. The molecule has 1 aromatic rings. The highest BCUT2D eigenvalue weighted by Gasteiger charge is 2.64. The van der Waals surface area contributed by atoms with Crippen LogP contribution >= 0.6 is 11.6 Å². The Bertz CT molecular complexity index is 543.